The number of rotatable bonds is 6. The summed E-state index contributed by atoms with van der Waals surface area (Å²) in [7, 11) is 0. The Morgan fingerprint density at radius 3 is 1.50 bits per heavy atom. The number of anilines is 2. The molecule has 6 aliphatic rings. The fourth-order valence-corrected chi connectivity index (χ4v) is 13.1. The zero-order valence-corrected chi connectivity index (χ0v) is 41.6. The van der Waals surface area contributed by atoms with Crippen LogP contribution in [0.15, 0.2) is 23.0 Å². The van der Waals surface area contributed by atoms with E-state index in [2.05, 4.69) is 47.9 Å². The topological polar surface area (TPSA) is 156 Å². The van der Waals surface area contributed by atoms with Crippen molar-refractivity contribution in [3.8, 4) is 0 Å². The van der Waals surface area contributed by atoms with Gasteiger partial charge in [-0.05, 0) is 203 Å². The van der Waals surface area contributed by atoms with Gasteiger partial charge in [0.25, 0.3) is 0 Å². The zero-order chi connectivity index (χ0) is 44.9. The number of hydrogen-bond acceptors (Lipinski definition) is 15. The lowest BCUT2D eigenvalue weighted by molar-refractivity contribution is -0.158. The molecule has 3 unspecified atom stereocenters. The van der Waals surface area contributed by atoms with E-state index in [0.717, 1.165) is 67.7 Å². The van der Waals surface area contributed by atoms with Crippen molar-refractivity contribution in [2.45, 2.75) is 131 Å². The summed E-state index contributed by atoms with van der Waals surface area (Å²) >= 11 is 9.06. The number of fused-ring (bicyclic) bond motifs is 6. The molecule has 3 aliphatic heterocycles. The number of nitrogens with zero attached hydrogens (tertiary/aromatic N) is 4. The Labute approximate surface area is 386 Å². The van der Waals surface area contributed by atoms with Crippen LogP contribution in [0.1, 0.15) is 110 Å². The highest BCUT2D eigenvalue weighted by molar-refractivity contribution is 7.73. The number of ether oxygens (including phenoxy) is 2. The molecule has 3 saturated heterocycles. The molecule has 3 aromatic rings. The van der Waals surface area contributed by atoms with Gasteiger partial charge in [-0.2, -0.15) is 8.75 Å². The van der Waals surface area contributed by atoms with Crippen LogP contribution in [0.4, 0.5) is 10.0 Å². The van der Waals surface area contributed by atoms with Crippen LogP contribution in [0, 0.1) is 71.9 Å². The number of H-pyrrole nitrogens is 1. The number of aromatic nitrogens is 3. The molecule has 344 valence electrons. The zero-order valence-electron chi connectivity index (χ0n) is 38.4. The van der Waals surface area contributed by atoms with Crippen molar-refractivity contribution in [3.05, 3.63) is 48.8 Å². The van der Waals surface area contributed by atoms with Gasteiger partial charge in [-0.25, -0.2) is 0 Å². The minimum absolute atomic E-state index is 0.0173. The molecule has 0 amide bonds. The second-order valence-electron chi connectivity index (χ2n) is 20.5. The highest BCUT2D eigenvalue weighted by Crippen LogP contribution is 2.46. The number of aromatic amines is 1. The van der Waals surface area contributed by atoms with Gasteiger partial charge in [-0.15, -0.1) is 0 Å². The summed E-state index contributed by atoms with van der Waals surface area (Å²) in [4.78, 5) is 42.0. The minimum atomic E-state index is -0.378. The van der Waals surface area contributed by atoms with Gasteiger partial charge < -0.3 is 35.3 Å². The van der Waals surface area contributed by atoms with E-state index in [4.69, 9.17) is 27.4 Å². The van der Waals surface area contributed by atoms with E-state index in [1.54, 1.807) is 29.1 Å². The molecule has 6 fully saturated rings. The van der Waals surface area contributed by atoms with Gasteiger partial charge in [0.05, 0.1) is 15.2 Å². The van der Waals surface area contributed by atoms with Crippen molar-refractivity contribution < 1.29 is 19.1 Å². The molecular weight excluding hydrogens is 859 g/mol. The van der Waals surface area contributed by atoms with E-state index in [1.165, 1.54) is 48.5 Å². The fourth-order valence-electron chi connectivity index (χ4n) is 10.5. The number of piperidine rings is 3. The quantitative estimate of drug-likeness (QED) is 0.160. The van der Waals surface area contributed by atoms with Crippen LogP contribution in [-0.4, -0.2) is 82.2 Å². The van der Waals surface area contributed by atoms with Gasteiger partial charge in [0.1, 0.15) is 21.2 Å². The summed E-state index contributed by atoms with van der Waals surface area (Å²) in [6, 6.07) is 6.59. The number of carbonyl (C=O) groups excluding carboxylic acids is 2. The molecule has 9 atom stereocenters. The maximum absolute atomic E-state index is 12.2. The van der Waals surface area contributed by atoms with E-state index in [9.17, 15) is 14.4 Å². The highest BCUT2D eigenvalue weighted by Gasteiger charge is 2.44. The first kappa shape index (κ1) is 48.7. The van der Waals surface area contributed by atoms with E-state index in [1.807, 2.05) is 55.4 Å². The summed E-state index contributed by atoms with van der Waals surface area (Å²) < 4.78 is 20.3. The molecule has 3 saturated carbocycles. The lowest BCUT2D eigenvalue weighted by Crippen LogP contribution is -2.48. The lowest BCUT2D eigenvalue weighted by atomic mass is 9.83. The first-order valence-electron chi connectivity index (χ1n) is 22.7. The van der Waals surface area contributed by atoms with Crippen LogP contribution in [0.3, 0.4) is 0 Å². The SMILES string of the molecule is CC(C)(C)OC(=O)CC1[C@@H]2CC[C@H]1CNC2.Cc1cc(=S)sc(=O)[nH]1.Cc1cc(N2C[C@H]3CC[C@@H](C2)C3CC(=O)OC(C)(C)C)sn1.Cc1cc(N2C[C@H]3CC[C@@H](C2)C3N)sn1. The molecule has 0 aromatic carbocycles. The normalized spacial score (nSPS) is 28.5. The van der Waals surface area contributed by atoms with E-state index >= 15 is 0 Å². The Kier molecular flexibility index (Phi) is 16.5. The monoisotopic (exact) mass is 929 g/mol. The number of aryl methyl sites for hydroxylation is 3. The summed E-state index contributed by atoms with van der Waals surface area (Å²) in [5, 5.41) is 6.06. The van der Waals surface area contributed by atoms with Crippen LogP contribution >= 0.6 is 46.6 Å². The van der Waals surface area contributed by atoms with E-state index in [-0.39, 0.29) is 28.0 Å². The Bertz CT molecular complexity index is 2000. The summed E-state index contributed by atoms with van der Waals surface area (Å²) in [5.74, 6) is 5.08. The van der Waals surface area contributed by atoms with Crippen molar-refractivity contribution in [2.75, 3.05) is 49.1 Å². The average Bonchev–Trinajstić information content (AvgIpc) is 3.92. The second-order valence-corrected chi connectivity index (χ2v) is 23.8. The van der Waals surface area contributed by atoms with Crippen LogP contribution < -0.4 is 25.7 Å². The predicted octanol–water partition coefficient (Wildman–Crippen LogP) is 8.71. The van der Waals surface area contributed by atoms with Crippen molar-refractivity contribution in [3.63, 3.8) is 0 Å². The van der Waals surface area contributed by atoms with Crippen molar-refractivity contribution >= 4 is 68.6 Å². The molecule has 6 heterocycles. The van der Waals surface area contributed by atoms with Gasteiger partial charge in [0.15, 0.2) is 0 Å². The van der Waals surface area contributed by atoms with Gasteiger partial charge in [-0.1, -0.05) is 23.6 Å². The van der Waals surface area contributed by atoms with Crippen molar-refractivity contribution in [2.24, 2.45) is 53.1 Å². The third-order valence-electron chi connectivity index (χ3n) is 13.2. The first-order valence-corrected chi connectivity index (χ1v) is 25.4. The maximum atomic E-state index is 12.2. The smallest absolute Gasteiger partial charge is 0.306 e. The second kappa shape index (κ2) is 21.0. The molecular formula is C46H71N7O5S4. The molecule has 0 radical (unpaired) electrons. The highest BCUT2D eigenvalue weighted by atomic mass is 32.1. The maximum Gasteiger partial charge on any atom is 0.306 e. The van der Waals surface area contributed by atoms with Gasteiger partial charge >= 0.3 is 16.8 Å². The van der Waals surface area contributed by atoms with Gasteiger partial charge in [0.2, 0.25) is 0 Å². The molecule has 12 nitrogen and oxygen atoms in total. The standard InChI is InChI=1S/C17H26N2O2S.C13H23NO2.C11H17N3S.C5H5NOS2/c1-11-7-15(22-18-11)19-9-12-5-6-13(10-19)14(12)8-16(20)21-17(2,3)4;1-13(2,3)16-12(15)6-11-9-4-5-10(11)8-14-7-9;1-7-4-10(15-13-7)14-5-8-2-3-9(6-14)11(8)12;1-3-2-4(8)9-5(7)6-3/h7,12-14H,5-6,8-10H2,1-4H3;9-11,14H,4-8H2,1-3H3;4,8-9,11H,2-3,5-6,12H2,1H3;2H,1H3,(H,6,7)/t12-,13+,14?;9-,10+,11?;8-,9+,11?;. The number of nitrogens with two attached hydrogens (primary N) is 1. The Morgan fingerprint density at radius 2 is 1.11 bits per heavy atom. The van der Waals surface area contributed by atoms with Crippen LogP contribution in [0.25, 0.3) is 0 Å². The first-order chi connectivity index (χ1) is 29.2. The average molecular weight is 930 g/mol. The Morgan fingerprint density at radius 1 is 0.710 bits per heavy atom. The summed E-state index contributed by atoms with van der Waals surface area (Å²) in [6.45, 7) is 24.1. The molecule has 16 heteroatoms. The van der Waals surface area contributed by atoms with Gasteiger partial charge in [0, 0.05) is 50.8 Å². The number of esters is 2. The molecule has 62 heavy (non-hydrogen) atoms. The number of carbonyl (C=O) groups is 2. The molecule has 0 spiro atoms. The molecule has 3 aliphatic carbocycles. The minimum Gasteiger partial charge on any atom is -0.460 e. The number of hydrogen-bond donors (Lipinski definition) is 3. The third kappa shape index (κ3) is 13.9. The van der Waals surface area contributed by atoms with Crippen molar-refractivity contribution in [1.82, 2.24) is 19.0 Å². The van der Waals surface area contributed by atoms with E-state index < -0.39 is 0 Å². The summed E-state index contributed by atoms with van der Waals surface area (Å²) in [6.07, 6.45) is 8.89. The summed E-state index contributed by atoms with van der Waals surface area (Å²) in [5.41, 5.74) is 8.53. The Balaban J connectivity index is 0.000000144. The predicted molar refractivity (Wildman–Crippen MR) is 256 cm³/mol. The lowest BCUT2D eigenvalue weighted by Gasteiger charge is -2.38. The Hall–Kier alpha value is -2.76. The van der Waals surface area contributed by atoms with E-state index in [0.29, 0.717) is 70.1 Å². The molecule has 6 bridgehead atoms. The van der Waals surface area contributed by atoms with Crippen LogP contribution in [-0.2, 0) is 19.1 Å². The molecule has 3 aromatic heterocycles. The largest absolute Gasteiger partial charge is 0.460 e. The fraction of sp³-hybridized carbons (Fsp3) is 0.739. The third-order valence-corrected chi connectivity index (χ3v) is 16.1. The van der Waals surface area contributed by atoms with Gasteiger partial charge in [-0.3, -0.25) is 14.4 Å². The van der Waals surface area contributed by atoms with Crippen molar-refractivity contribution in [1.29, 1.82) is 0 Å². The molecule has 4 N–H and O–H groups in total. The van der Waals surface area contributed by atoms with Crippen LogP contribution in [0.5, 0.6) is 0 Å². The van der Waals surface area contributed by atoms with Crippen LogP contribution in [0.2, 0.25) is 0 Å². The number of nitrogens with one attached hydrogen (secondary N) is 2. The molecule has 9 rings (SSSR count).